The molecule has 0 aliphatic carbocycles. The van der Waals surface area contributed by atoms with Crippen molar-refractivity contribution >= 4 is 0 Å². The second kappa shape index (κ2) is 6.02. The third kappa shape index (κ3) is 2.87. The number of aryl methyl sites for hydroxylation is 2. The molecule has 0 saturated heterocycles. The molecular weight excluding hydrogens is 234 g/mol. The quantitative estimate of drug-likeness (QED) is 0.892. The Balaban J connectivity index is 2.42. The van der Waals surface area contributed by atoms with Crippen LogP contribution >= 0.6 is 0 Å². The van der Waals surface area contributed by atoms with Crippen molar-refractivity contribution in [3.05, 3.63) is 52.8 Å². The van der Waals surface area contributed by atoms with E-state index < -0.39 is 0 Å². The van der Waals surface area contributed by atoms with E-state index in [1.807, 2.05) is 17.9 Å². The van der Waals surface area contributed by atoms with E-state index in [0.29, 0.717) is 0 Å². The molecule has 0 spiro atoms. The summed E-state index contributed by atoms with van der Waals surface area (Å²) in [4.78, 5) is 0. The fraction of sp³-hybridized carbons (Fsp3) is 0.438. The Morgan fingerprint density at radius 3 is 2.53 bits per heavy atom. The SMILES string of the molecule is CCCNC(c1ccccc1C)c1cnn(C)c1C. The molecule has 0 amide bonds. The predicted molar refractivity (Wildman–Crippen MR) is 79.3 cm³/mol. The summed E-state index contributed by atoms with van der Waals surface area (Å²) in [5.74, 6) is 0. The first kappa shape index (κ1) is 13.8. The van der Waals surface area contributed by atoms with Gasteiger partial charge in [-0.25, -0.2) is 0 Å². The van der Waals surface area contributed by atoms with Gasteiger partial charge in [-0.05, 0) is 37.9 Å². The van der Waals surface area contributed by atoms with Crippen LogP contribution in [-0.4, -0.2) is 16.3 Å². The Hall–Kier alpha value is -1.61. The van der Waals surface area contributed by atoms with E-state index in [-0.39, 0.29) is 6.04 Å². The van der Waals surface area contributed by atoms with Gasteiger partial charge >= 0.3 is 0 Å². The number of rotatable bonds is 5. The van der Waals surface area contributed by atoms with E-state index in [1.54, 1.807) is 0 Å². The average Bonchev–Trinajstić information content (AvgIpc) is 2.73. The van der Waals surface area contributed by atoms with Crippen LogP contribution in [0.25, 0.3) is 0 Å². The average molecular weight is 257 g/mol. The number of aromatic nitrogens is 2. The first-order chi connectivity index (χ1) is 9.15. The van der Waals surface area contributed by atoms with Crippen molar-refractivity contribution in [3.63, 3.8) is 0 Å². The van der Waals surface area contributed by atoms with E-state index in [0.717, 1.165) is 13.0 Å². The molecule has 2 rings (SSSR count). The van der Waals surface area contributed by atoms with Crippen molar-refractivity contribution in [2.45, 2.75) is 33.2 Å². The summed E-state index contributed by atoms with van der Waals surface area (Å²) in [6, 6.07) is 8.80. The van der Waals surface area contributed by atoms with Crippen molar-refractivity contribution in [1.29, 1.82) is 0 Å². The number of hydrogen-bond donors (Lipinski definition) is 1. The van der Waals surface area contributed by atoms with Gasteiger partial charge in [0.15, 0.2) is 0 Å². The van der Waals surface area contributed by atoms with Gasteiger partial charge in [0.2, 0.25) is 0 Å². The molecule has 1 N–H and O–H groups in total. The molecule has 0 aliphatic rings. The van der Waals surface area contributed by atoms with Crippen LogP contribution < -0.4 is 5.32 Å². The molecule has 0 bridgehead atoms. The lowest BCUT2D eigenvalue weighted by molar-refractivity contribution is 0.592. The lowest BCUT2D eigenvalue weighted by Gasteiger charge is -2.21. The lowest BCUT2D eigenvalue weighted by Crippen LogP contribution is -2.24. The van der Waals surface area contributed by atoms with Gasteiger partial charge in [0.1, 0.15) is 0 Å². The normalized spacial score (nSPS) is 12.6. The fourth-order valence-electron chi connectivity index (χ4n) is 2.39. The van der Waals surface area contributed by atoms with Gasteiger partial charge in [0.05, 0.1) is 12.2 Å². The van der Waals surface area contributed by atoms with Crippen molar-refractivity contribution in [2.24, 2.45) is 7.05 Å². The van der Waals surface area contributed by atoms with E-state index in [4.69, 9.17) is 0 Å². The number of nitrogens with one attached hydrogen (secondary N) is 1. The Labute approximate surface area is 115 Å². The lowest BCUT2D eigenvalue weighted by atomic mass is 9.95. The highest BCUT2D eigenvalue weighted by molar-refractivity contribution is 5.37. The molecule has 0 radical (unpaired) electrons. The molecule has 1 aromatic heterocycles. The van der Waals surface area contributed by atoms with Gasteiger partial charge in [0, 0.05) is 18.3 Å². The molecular formula is C16H23N3. The molecule has 2 aromatic rings. The van der Waals surface area contributed by atoms with Crippen molar-refractivity contribution in [3.8, 4) is 0 Å². The number of nitrogens with zero attached hydrogens (tertiary/aromatic N) is 2. The maximum atomic E-state index is 4.38. The number of hydrogen-bond acceptors (Lipinski definition) is 2. The second-order valence-corrected chi connectivity index (χ2v) is 5.05. The third-order valence-electron chi connectivity index (χ3n) is 3.68. The summed E-state index contributed by atoms with van der Waals surface area (Å²) in [5, 5.41) is 8.02. The van der Waals surface area contributed by atoms with Crippen LogP contribution in [0.2, 0.25) is 0 Å². The van der Waals surface area contributed by atoms with E-state index >= 15 is 0 Å². The fourth-order valence-corrected chi connectivity index (χ4v) is 2.39. The van der Waals surface area contributed by atoms with Gasteiger partial charge in [-0.2, -0.15) is 5.10 Å². The zero-order chi connectivity index (χ0) is 13.8. The van der Waals surface area contributed by atoms with E-state index in [2.05, 4.69) is 55.5 Å². The third-order valence-corrected chi connectivity index (χ3v) is 3.68. The van der Waals surface area contributed by atoms with Gasteiger partial charge in [-0.15, -0.1) is 0 Å². The summed E-state index contributed by atoms with van der Waals surface area (Å²) in [5.41, 5.74) is 5.15. The first-order valence-electron chi connectivity index (χ1n) is 6.92. The van der Waals surface area contributed by atoms with Gasteiger partial charge in [-0.1, -0.05) is 31.2 Å². The highest BCUT2D eigenvalue weighted by Gasteiger charge is 2.19. The maximum absolute atomic E-state index is 4.38. The Bertz CT molecular complexity index is 543. The minimum Gasteiger partial charge on any atom is -0.306 e. The summed E-state index contributed by atoms with van der Waals surface area (Å²) < 4.78 is 1.94. The largest absolute Gasteiger partial charge is 0.306 e. The highest BCUT2D eigenvalue weighted by atomic mass is 15.3. The van der Waals surface area contributed by atoms with Crippen LogP contribution in [0.15, 0.2) is 30.5 Å². The number of benzene rings is 1. The second-order valence-electron chi connectivity index (χ2n) is 5.05. The van der Waals surface area contributed by atoms with Gasteiger partial charge in [-0.3, -0.25) is 4.68 Å². The Morgan fingerprint density at radius 2 is 1.95 bits per heavy atom. The molecule has 3 heteroatoms. The topological polar surface area (TPSA) is 29.9 Å². The van der Waals surface area contributed by atoms with Crippen LogP contribution in [0.3, 0.4) is 0 Å². The van der Waals surface area contributed by atoms with Crippen molar-refractivity contribution in [2.75, 3.05) is 6.54 Å². The molecule has 19 heavy (non-hydrogen) atoms. The van der Waals surface area contributed by atoms with Crippen LogP contribution in [-0.2, 0) is 7.05 Å². The maximum Gasteiger partial charge on any atom is 0.0613 e. The molecule has 1 atom stereocenters. The highest BCUT2D eigenvalue weighted by Crippen LogP contribution is 2.26. The minimum atomic E-state index is 0.231. The molecule has 0 fully saturated rings. The van der Waals surface area contributed by atoms with Gasteiger partial charge in [0.25, 0.3) is 0 Å². The zero-order valence-corrected chi connectivity index (χ0v) is 12.3. The molecule has 102 valence electrons. The molecule has 1 heterocycles. The monoisotopic (exact) mass is 257 g/mol. The summed E-state index contributed by atoms with van der Waals surface area (Å²) in [6.07, 6.45) is 3.11. The first-order valence-corrected chi connectivity index (χ1v) is 6.92. The summed E-state index contributed by atoms with van der Waals surface area (Å²) >= 11 is 0. The molecule has 3 nitrogen and oxygen atoms in total. The predicted octanol–water partition coefficient (Wildman–Crippen LogP) is 3.13. The zero-order valence-electron chi connectivity index (χ0n) is 12.3. The molecule has 1 unspecified atom stereocenters. The smallest absolute Gasteiger partial charge is 0.0613 e. The van der Waals surface area contributed by atoms with Crippen molar-refractivity contribution < 1.29 is 0 Å². The molecule has 0 aliphatic heterocycles. The van der Waals surface area contributed by atoms with Crippen LogP contribution in [0.4, 0.5) is 0 Å². The van der Waals surface area contributed by atoms with Crippen LogP contribution in [0, 0.1) is 13.8 Å². The van der Waals surface area contributed by atoms with E-state index in [1.165, 1.54) is 22.4 Å². The summed E-state index contributed by atoms with van der Waals surface area (Å²) in [6.45, 7) is 7.49. The van der Waals surface area contributed by atoms with Crippen molar-refractivity contribution in [1.82, 2.24) is 15.1 Å². The van der Waals surface area contributed by atoms with Crippen LogP contribution in [0.1, 0.15) is 41.8 Å². The molecule has 0 saturated carbocycles. The standard InChI is InChI=1S/C16H23N3/c1-5-10-17-16(14-9-7-6-8-12(14)2)15-11-18-19(4)13(15)3/h6-9,11,16-17H,5,10H2,1-4H3. The van der Waals surface area contributed by atoms with Gasteiger partial charge < -0.3 is 5.32 Å². The van der Waals surface area contributed by atoms with Crippen LogP contribution in [0.5, 0.6) is 0 Å². The Morgan fingerprint density at radius 1 is 1.21 bits per heavy atom. The Kier molecular flexibility index (Phi) is 4.38. The molecule has 1 aromatic carbocycles. The minimum absolute atomic E-state index is 0.231. The summed E-state index contributed by atoms with van der Waals surface area (Å²) in [7, 11) is 1.99. The van der Waals surface area contributed by atoms with E-state index in [9.17, 15) is 0 Å².